The van der Waals surface area contributed by atoms with Crippen LogP contribution in [0.15, 0.2) is 24.3 Å². The quantitative estimate of drug-likeness (QED) is 0.893. The number of rotatable bonds is 5. The van der Waals surface area contributed by atoms with Gasteiger partial charge in [-0.1, -0.05) is 6.07 Å². The van der Waals surface area contributed by atoms with Gasteiger partial charge in [-0.05, 0) is 38.0 Å². The Bertz CT molecular complexity index is 542. The Kier molecular flexibility index (Phi) is 5.35. The highest BCUT2D eigenvalue weighted by Crippen LogP contribution is 2.19. The van der Waals surface area contributed by atoms with Crippen LogP contribution in [0.2, 0.25) is 0 Å². The summed E-state index contributed by atoms with van der Waals surface area (Å²) in [6, 6.07) is 6.24. The van der Waals surface area contributed by atoms with E-state index >= 15 is 0 Å². The third-order valence-corrected chi connectivity index (χ3v) is 4.13. The van der Waals surface area contributed by atoms with Crippen LogP contribution in [0.25, 0.3) is 0 Å². The van der Waals surface area contributed by atoms with Gasteiger partial charge in [0.15, 0.2) is 0 Å². The normalized spacial score (nSPS) is 15.6. The monoisotopic (exact) mass is 307 g/mol. The van der Waals surface area contributed by atoms with Crippen molar-refractivity contribution < 1.29 is 14.0 Å². The topological polar surface area (TPSA) is 66.6 Å². The van der Waals surface area contributed by atoms with Gasteiger partial charge in [0.05, 0.1) is 6.54 Å². The van der Waals surface area contributed by atoms with E-state index < -0.39 is 0 Å². The Morgan fingerprint density at radius 1 is 1.36 bits per heavy atom. The Morgan fingerprint density at radius 3 is 2.59 bits per heavy atom. The number of carbonyl (C=O) groups is 2. The number of likely N-dealkylation sites (tertiary alicyclic amines) is 1. The van der Waals surface area contributed by atoms with Gasteiger partial charge in [-0.2, -0.15) is 0 Å². The van der Waals surface area contributed by atoms with E-state index in [1.54, 1.807) is 17.0 Å². The van der Waals surface area contributed by atoms with E-state index in [1.165, 1.54) is 12.1 Å². The number of hydrogen-bond donors (Lipinski definition) is 1. The molecule has 1 heterocycles. The molecule has 22 heavy (non-hydrogen) atoms. The number of piperidine rings is 1. The second kappa shape index (κ2) is 7.24. The molecule has 2 N–H and O–H groups in total. The van der Waals surface area contributed by atoms with Gasteiger partial charge in [-0.15, -0.1) is 0 Å². The summed E-state index contributed by atoms with van der Waals surface area (Å²) in [6.07, 6.45) is 1.24. The molecule has 1 aliphatic heterocycles. The van der Waals surface area contributed by atoms with Crippen molar-refractivity contribution in [3.05, 3.63) is 30.1 Å². The molecule has 120 valence electrons. The van der Waals surface area contributed by atoms with Crippen molar-refractivity contribution in [2.75, 3.05) is 31.1 Å². The smallest absolute Gasteiger partial charge is 0.242 e. The van der Waals surface area contributed by atoms with Crippen molar-refractivity contribution in [1.29, 1.82) is 0 Å². The molecule has 0 bridgehead atoms. The fourth-order valence-corrected chi connectivity index (χ4v) is 2.74. The van der Waals surface area contributed by atoms with Crippen LogP contribution in [0.1, 0.15) is 19.8 Å². The van der Waals surface area contributed by atoms with Gasteiger partial charge in [0.25, 0.3) is 0 Å². The first-order valence-electron chi connectivity index (χ1n) is 7.59. The van der Waals surface area contributed by atoms with Gasteiger partial charge in [-0.3, -0.25) is 9.59 Å². The number of carbonyl (C=O) groups excluding carboxylic acids is 2. The molecule has 1 aromatic rings. The molecule has 0 unspecified atom stereocenters. The summed E-state index contributed by atoms with van der Waals surface area (Å²) >= 11 is 0. The first-order chi connectivity index (χ1) is 10.5. The number of benzene rings is 1. The maximum Gasteiger partial charge on any atom is 0.242 e. The molecule has 0 atom stereocenters. The highest BCUT2D eigenvalue weighted by molar-refractivity contribution is 5.82. The van der Waals surface area contributed by atoms with Crippen LogP contribution in [0.5, 0.6) is 0 Å². The number of nitrogens with zero attached hydrogens (tertiary/aromatic N) is 2. The molecule has 0 radical (unpaired) electrons. The summed E-state index contributed by atoms with van der Waals surface area (Å²) in [5.41, 5.74) is 5.99. The minimum Gasteiger partial charge on any atom is -0.369 e. The second-order valence-electron chi connectivity index (χ2n) is 5.55. The molecular weight excluding hydrogens is 285 g/mol. The van der Waals surface area contributed by atoms with E-state index in [4.69, 9.17) is 5.73 Å². The second-order valence-corrected chi connectivity index (χ2v) is 5.55. The lowest BCUT2D eigenvalue weighted by Crippen LogP contribution is -2.46. The van der Waals surface area contributed by atoms with Gasteiger partial charge < -0.3 is 15.5 Å². The molecule has 0 spiro atoms. The minimum atomic E-state index is -0.314. The van der Waals surface area contributed by atoms with Crippen molar-refractivity contribution in [3.8, 4) is 0 Å². The lowest BCUT2D eigenvalue weighted by Gasteiger charge is -2.33. The Hall–Kier alpha value is -2.11. The van der Waals surface area contributed by atoms with E-state index in [2.05, 4.69) is 0 Å². The number of likely N-dealkylation sites (N-methyl/N-ethyl adjacent to an activating group) is 1. The summed E-state index contributed by atoms with van der Waals surface area (Å²) in [4.78, 5) is 27.1. The van der Waals surface area contributed by atoms with Crippen LogP contribution in [0.4, 0.5) is 10.1 Å². The molecule has 5 nitrogen and oxygen atoms in total. The van der Waals surface area contributed by atoms with Crippen LogP contribution in [-0.2, 0) is 9.59 Å². The molecule has 1 saturated heterocycles. The van der Waals surface area contributed by atoms with Crippen LogP contribution >= 0.6 is 0 Å². The lowest BCUT2D eigenvalue weighted by molar-refractivity contribution is -0.133. The molecule has 2 rings (SSSR count). The average Bonchev–Trinajstić information content (AvgIpc) is 2.52. The molecule has 6 heteroatoms. The standard InChI is InChI=1S/C16H22FN3O2/c1-2-19(14-5-3-4-13(17)10-14)11-15(21)20-8-6-12(7-9-20)16(18)22/h3-5,10,12H,2,6-9,11H2,1H3,(H2,18,22). The predicted octanol–water partition coefficient (Wildman–Crippen LogP) is 1.38. The Morgan fingerprint density at radius 2 is 2.05 bits per heavy atom. The molecule has 2 amide bonds. The Balaban J connectivity index is 1.94. The predicted molar refractivity (Wildman–Crippen MR) is 82.8 cm³/mol. The number of primary amides is 1. The molecule has 1 aliphatic rings. The van der Waals surface area contributed by atoms with Crippen molar-refractivity contribution in [2.24, 2.45) is 11.7 Å². The van der Waals surface area contributed by atoms with Crippen molar-refractivity contribution in [2.45, 2.75) is 19.8 Å². The van der Waals surface area contributed by atoms with Crippen molar-refractivity contribution in [3.63, 3.8) is 0 Å². The lowest BCUT2D eigenvalue weighted by atomic mass is 9.96. The zero-order chi connectivity index (χ0) is 16.1. The SMILES string of the molecule is CCN(CC(=O)N1CCC(C(N)=O)CC1)c1cccc(F)c1. The number of nitrogens with two attached hydrogens (primary N) is 1. The van der Waals surface area contributed by atoms with Gasteiger partial charge in [0, 0.05) is 31.2 Å². The van der Waals surface area contributed by atoms with Crippen LogP contribution in [0.3, 0.4) is 0 Å². The zero-order valence-corrected chi connectivity index (χ0v) is 12.8. The molecule has 0 aliphatic carbocycles. The summed E-state index contributed by atoms with van der Waals surface area (Å²) in [6.45, 7) is 3.85. The molecule has 0 saturated carbocycles. The maximum atomic E-state index is 13.3. The zero-order valence-electron chi connectivity index (χ0n) is 12.8. The summed E-state index contributed by atoms with van der Waals surface area (Å²) < 4.78 is 13.3. The van der Waals surface area contributed by atoms with E-state index in [9.17, 15) is 14.0 Å². The third-order valence-electron chi connectivity index (χ3n) is 4.13. The van der Waals surface area contributed by atoms with E-state index in [-0.39, 0.29) is 30.1 Å². The van der Waals surface area contributed by atoms with Crippen LogP contribution in [-0.4, -0.2) is 42.9 Å². The average molecular weight is 307 g/mol. The van der Waals surface area contributed by atoms with Gasteiger partial charge in [0.1, 0.15) is 5.82 Å². The van der Waals surface area contributed by atoms with Gasteiger partial charge in [0.2, 0.25) is 11.8 Å². The fourth-order valence-electron chi connectivity index (χ4n) is 2.74. The molecule has 1 fully saturated rings. The van der Waals surface area contributed by atoms with Gasteiger partial charge >= 0.3 is 0 Å². The number of hydrogen-bond acceptors (Lipinski definition) is 3. The summed E-state index contributed by atoms with van der Waals surface area (Å²) in [5.74, 6) is -0.740. The summed E-state index contributed by atoms with van der Waals surface area (Å²) in [7, 11) is 0. The highest BCUT2D eigenvalue weighted by atomic mass is 19.1. The van der Waals surface area contributed by atoms with Crippen LogP contribution in [0, 0.1) is 11.7 Å². The van der Waals surface area contributed by atoms with Crippen LogP contribution < -0.4 is 10.6 Å². The third kappa shape index (κ3) is 3.96. The Labute approximate surface area is 129 Å². The van der Waals surface area contributed by atoms with Crippen molar-refractivity contribution >= 4 is 17.5 Å². The van der Waals surface area contributed by atoms with E-state index in [0.717, 1.165) is 0 Å². The number of amides is 2. The fraction of sp³-hybridized carbons (Fsp3) is 0.500. The van der Waals surface area contributed by atoms with Gasteiger partial charge in [-0.25, -0.2) is 4.39 Å². The van der Waals surface area contributed by atoms with Crippen molar-refractivity contribution in [1.82, 2.24) is 4.90 Å². The molecular formula is C16H22FN3O2. The largest absolute Gasteiger partial charge is 0.369 e. The number of anilines is 1. The first kappa shape index (κ1) is 16.3. The van der Waals surface area contributed by atoms with E-state index in [1.807, 2.05) is 11.8 Å². The maximum absolute atomic E-state index is 13.3. The summed E-state index contributed by atoms with van der Waals surface area (Å²) in [5, 5.41) is 0. The molecule has 0 aromatic heterocycles. The number of halogens is 1. The highest BCUT2D eigenvalue weighted by Gasteiger charge is 2.26. The molecule has 1 aromatic carbocycles. The first-order valence-corrected chi connectivity index (χ1v) is 7.59. The minimum absolute atomic E-state index is 0.00553. The van der Waals surface area contributed by atoms with E-state index in [0.29, 0.717) is 38.2 Å².